The summed E-state index contributed by atoms with van der Waals surface area (Å²) in [6.07, 6.45) is 3.82. The Morgan fingerprint density at radius 3 is 0.812 bits per heavy atom. The van der Waals surface area contributed by atoms with Crippen LogP contribution in [0.5, 0.6) is 0 Å². The van der Waals surface area contributed by atoms with Gasteiger partial charge in [-0.3, -0.25) is 0 Å². The molecule has 0 bridgehead atoms. The van der Waals surface area contributed by atoms with E-state index in [1.54, 1.807) is 121 Å². The standard InChI is InChI=1S/2C14H12O3.2C6H7N/c2*15-13(16)14(17,11-7-3-1-4-8-11)12-9-5-2-6-10-12;2*1-6-4-2-3-5-7-6/h2*1-10,17H,(H,15,16);2*2-5H,1H3. The second kappa shape index (κ2) is 18.3. The third kappa shape index (κ3) is 10.0. The molecule has 0 saturated heterocycles. The first-order valence-electron chi connectivity index (χ1n) is 15.1. The highest BCUT2D eigenvalue weighted by atomic mass is 16.4. The van der Waals surface area contributed by atoms with Crippen molar-refractivity contribution in [1.82, 2.24) is 0 Å². The van der Waals surface area contributed by atoms with Crippen LogP contribution in [-0.4, -0.2) is 22.2 Å². The monoisotopic (exact) mass is 642 g/mol. The first-order valence-corrected chi connectivity index (χ1v) is 15.1. The van der Waals surface area contributed by atoms with Gasteiger partial charge in [0.05, 0.1) is 11.9 Å². The lowest BCUT2D eigenvalue weighted by Crippen LogP contribution is -2.46. The van der Waals surface area contributed by atoms with Crippen LogP contribution < -0.4 is 20.2 Å². The van der Waals surface area contributed by atoms with Crippen molar-refractivity contribution in [2.45, 2.75) is 25.0 Å². The van der Waals surface area contributed by atoms with E-state index in [1.807, 2.05) is 62.6 Å². The number of carboxylic acids is 2. The van der Waals surface area contributed by atoms with Gasteiger partial charge in [0, 0.05) is 38.1 Å². The van der Waals surface area contributed by atoms with E-state index in [-0.39, 0.29) is 22.3 Å². The first kappa shape index (κ1) is 36.5. The van der Waals surface area contributed by atoms with Crippen LogP contribution in [0.15, 0.2) is 170 Å². The molecule has 8 heteroatoms. The highest BCUT2D eigenvalue weighted by Crippen LogP contribution is 2.29. The van der Waals surface area contributed by atoms with E-state index in [1.165, 1.54) is 11.4 Å². The Morgan fingerprint density at radius 2 is 0.667 bits per heavy atom. The number of benzene rings is 4. The Labute approximate surface area is 280 Å². The zero-order valence-electron chi connectivity index (χ0n) is 26.7. The third-order valence-corrected chi connectivity index (χ3v) is 7.09. The molecule has 0 fully saturated rings. The van der Waals surface area contributed by atoms with Crippen LogP contribution in [-0.2, 0) is 20.8 Å². The number of carbonyl (C=O) groups excluding carboxylic acids is 2. The molecule has 2 heterocycles. The van der Waals surface area contributed by atoms with Gasteiger partial charge in [-0.15, -0.1) is 0 Å². The fraction of sp³-hybridized carbons (Fsp3) is 0.100. The number of aliphatic carboxylic acids is 2. The van der Waals surface area contributed by atoms with Gasteiger partial charge in [-0.25, -0.2) is 9.97 Å². The lowest BCUT2D eigenvalue weighted by molar-refractivity contribution is -0.387. The molecule has 48 heavy (non-hydrogen) atoms. The number of nitrogens with one attached hydrogen (secondary N) is 2. The molecule has 4 aromatic carbocycles. The second-order valence-corrected chi connectivity index (χ2v) is 10.6. The molecular formula is C40H38N2O6. The van der Waals surface area contributed by atoms with Crippen molar-refractivity contribution in [2.24, 2.45) is 0 Å². The molecule has 6 rings (SSSR count). The minimum atomic E-state index is -2.11. The Hall–Kier alpha value is -5.96. The van der Waals surface area contributed by atoms with Crippen molar-refractivity contribution >= 4 is 11.9 Å². The molecule has 0 saturated carbocycles. The Balaban J connectivity index is 0.000000188. The maximum Gasteiger partial charge on any atom is 0.176 e. The molecule has 0 unspecified atom stereocenters. The molecule has 0 aliphatic rings. The fourth-order valence-corrected chi connectivity index (χ4v) is 4.49. The highest BCUT2D eigenvalue weighted by Gasteiger charge is 2.33. The summed E-state index contributed by atoms with van der Waals surface area (Å²) in [6.45, 7) is 4.06. The molecular weight excluding hydrogens is 604 g/mol. The van der Waals surface area contributed by atoms with Gasteiger partial charge in [0.1, 0.15) is 0 Å². The zero-order chi connectivity index (χ0) is 34.8. The number of aromatic nitrogens is 2. The number of carbonyl (C=O) groups is 2. The average Bonchev–Trinajstić information content (AvgIpc) is 3.13. The lowest BCUT2D eigenvalue weighted by Gasteiger charge is -2.30. The molecule has 244 valence electrons. The topological polar surface area (TPSA) is 149 Å². The van der Waals surface area contributed by atoms with Crippen LogP contribution in [0.3, 0.4) is 0 Å². The van der Waals surface area contributed by atoms with Gasteiger partial charge in [0.25, 0.3) is 0 Å². The number of aryl methyl sites for hydroxylation is 2. The van der Waals surface area contributed by atoms with Crippen molar-refractivity contribution < 1.29 is 40.0 Å². The second-order valence-electron chi connectivity index (χ2n) is 10.6. The summed E-state index contributed by atoms with van der Waals surface area (Å²) in [5, 5.41) is 43.3. The van der Waals surface area contributed by atoms with Crippen molar-refractivity contribution in [2.75, 3.05) is 0 Å². The lowest BCUT2D eigenvalue weighted by atomic mass is 9.86. The largest absolute Gasteiger partial charge is 0.546 e. The fourth-order valence-electron chi connectivity index (χ4n) is 4.49. The van der Waals surface area contributed by atoms with Crippen LogP contribution in [0, 0.1) is 13.8 Å². The predicted octanol–water partition coefficient (Wildman–Crippen LogP) is 2.96. The molecule has 0 atom stereocenters. The Bertz CT molecular complexity index is 1570. The molecule has 2 aromatic heterocycles. The summed E-state index contributed by atoms with van der Waals surface area (Å²) < 4.78 is 0. The number of rotatable bonds is 6. The SMILES string of the molecule is Cc1cccc[nH+]1.Cc1cccc[nH+]1.O=C([O-])C(O)(c1ccccc1)c1ccccc1.O=C([O-])C(O)(c1ccccc1)c1ccccc1. The van der Waals surface area contributed by atoms with E-state index in [4.69, 9.17) is 0 Å². The molecule has 0 spiro atoms. The van der Waals surface area contributed by atoms with Gasteiger partial charge in [0.15, 0.2) is 35.0 Å². The van der Waals surface area contributed by atoms with E-state index in [9.17, 15) is 30.0 Å². The van der Waals surface area contributed by atoms with Gasteiger partial charge in [-0.05, 0) is 22.3 Å². The van der Waals surface area contributed by atoms with Crippen molar-refractivity contribution in [1.29, 1.82) is 0 Å². The van der Waals surface area contributed by atoms with Crippen LogP contribution >= 0.6 is 0 Å². The number of aromatic amines is 2. The quantitative estimate of drug-likeness (QED) is 0.285. The average molecular weight is 643 g/mol. The van der Waals surface area contributed by atoms with E-state index >= 15 is 0 Å². The smallest absolute Gasteiger partial charge is 0.176 e. The van der Waals surface area contributed by atoms with Gasteiger partial charge in [-0.2, -0.15) is 0 Å². The third-order valence-electron chi connectivity index (χ3n) is 7.09. The minimum Gasteiger partial charge on any atom is -0.546 e. The van der Waals surface area contributed by atoms with Crippen LogP contribution in [0.25, 0.3) is 0 Å². The van der Waals surface area contributed by atoms with E-state index in [2.05, 4.69) is 9.97 Å². The number of H-pyrrole nitrogens is 2. The first-order chi connectivity index (χ1) is 23.1. The van der Waals surface area contributed by atoms with E-state index in [0.29, 0.717) is 0 Å². The van der Waals surface area contributed by atoms with Crippen LogP contribution in [0.1, 0.15) is 33.6 Å². The summed E-state index contributed by atoms with van der Waals surface area (Å²) in [4.78, 5) is 28.6. The van der Waals surface area contributed by atoms with Crippen molar-refractivity contribution in [3.63, 3.8) is 0 Å². The summed E-state index contributed by atoms with van der Waals surface area (Å²) in [5.41, 5.74) is -0.690. The molecule has 0 amide bonds. The predicted molar refractivity (Wildman–Crippen MR) is 177 cm³/mol. The van der Waals surface area contributed by atoms with E-state index in [0.717, 1.165) is 0 Å². The summed E-state index contributed by atoms with van der Waals surface area (Å²) >= 11 is 0. The Kier molecular flexibility index (Phi) is 13.9. The molecule has 6 aromatic rings. The molecule has 8 nitrogen and oxygen atoms in total. The maximum atomic E-state index is 11.3. The van der Waals surface area contributed by atoms with E-state index < -0.39 is 23.1 Å². The van der Waals surface area contributed by atoms with Gasteiger partial charge < -0.3 is 30.0 Å². The summed E-state index contributed by atoms with van der Waals surface area (Å²) in [6, 6.07) is 44.9. The number of aliphatic hydroxyl groups is 2. The zero-order valence-corrected chi connectivity index (χ0v) is 26.7. The molecule has 0 radical (unpaired) electrons. The molecule has 4 N–H and O–H groups in total. The van der Waals surface area contributed by atoms with Crippen molar-refractivity contribution in [3.8, 4) is 0 Å². The van der Waals surface area contributed by atoms with Gasteiger partial charge >= 0.3 is 0 Å². The summed E-state index contributed by atoms with van der Waals surface area (Å²) in [5.74, 6) is -3.06. The molecule has 0 aliphatic carbocycles. The van der Waals surface area contributed by atoms with Gasteiger partial charge in [-0.1, -0.05) is 133 Å². The van der Waals surface area contributed by atoms with Crippen LogP contribution in [0.4, 0.5) is 0 Å². The normalized spacial score (nSPS) is 10.4. The van der Waals surface area contributed by atoms with Gasteiger partial charge in [0.2, 0.25) is 0 Å². The number of carboxylic acid groups (broad SMARTS) is 2. The minimum absolute atomic E-state index is 0.284. The molecule has 0 aliphatic heterocycles. The Morgan fingerprint density at radius 1 is 0.438 bits per heavy atom. The number of hydrogen-bond donors (Lipinski definition) is 2. The maximum absolute atomic E-state index is 11.3. The van der Waals surface area contributed by atoms with Crippen LogP contribution in [0.2, 0.25) is 0 Å². The summed E-state index contributed by atoms with van der Waals surface area (Å²) in [7, 11) is 0. The number of pyridine rings is 2. The highest BCUT2D eigenvalue weighted by molar-refractivity contribution is 5.82. The number of hydrogen-bond acceptors (Lipinski definition) is 6. The van der Waals surface area contributed by atoms with Crippen molar-refractivity contribution in [3.05, 3.63) is 204 Å².